The van der Waals surface area contributed by atoms with Crippen LogP contribution in [0.1, 0.15) is 42.9 Å². The van der Waals surface area contributed by atoms with Gasteiger partial charge in [-0.25, -0.2) is 0 Å². The van der Waals surface area contributed by atoms with Gasteiger partial charge in [0.2, 0.25) is 0 Å². The fourth-order valence-electron chi connectivity index (χ4n) is 1.79. The van der Waals surface area contributed by atoms with Gasteiger partial charge in [0.05, 0.1) is 5.56 Å². The molecule has 0 saturated carbocycles. The maximum absolute atomic E-state index is 12.5. The third-order valence-electron chi connectivity index (χ3n) is 2.80. The Kier molecular flexibility index (Phi) is 3.51. The van der Waals surface area contributed by atoms with E-state index in [1.54, 1.807) is 6.92 Å². The topological polar surface area (TPSA) is 20.2 Å². The van der Waals surface area contributed by atoms with Crippen molar-refractivity contribution < 1.29 is 18.3 Å². The van der Waals surface area contributed by atoms with Gasteiger partial charge in [-0.2, -0.15) is 13.2 Å². The third kappa shape index (κ3) is 2.49. The highest BCUT2D eigenvalue weighted by molar-refractivity contribution is 5.45. The Morgan fingerprint density at radius 1 is 1.31 bits per heavy atom. The molecule has 1 atom stereocenters. The van der Waals surface area contributed by atoms with Crippen LogP contribution < -0.4 is 0 Å². The van der Waals surface area contributed by atoms with Gasteiger partial charge in [0.15, 0.2) is 0 Å². The van der Waals surface area contributed by atoms with Crippen LogP contribution in [0.25, 0.3) is 0 Å². The number of benzene rings is 1. The first kappa shape index (κ1) is 12.9. The molecule has 4 heteroatoms. The van der Waals surface area contributed by atoms with Gasteiger partial charge >= 0.3 is 6.18 Å². The molecule has 0 amide bonds. The van der Waals surface area contributed by atoms with Gasteiger partial charge in [0.25, 0.3) is 0 Å². The number of halogens is 3. The van der Waals surface area contributed by atoms with Gasteiger partial charge in [-0.05, 0) is 42.5 Å². The van der Waals surface area contributed by atoms with Crippen LogP contribution in [0.3, 0.4) is 0 Å². The molecule has 1 nitrogen and oxygen atoms in total. The second-order valence-corrected chi connectivity index (χ2v) is 4.03. The van der Waals surface area contributed by atoms with E-state index in [9.17, 15) is 18.3 Å². The molecule has 90 valence electrons. The van der Waals surface area contributed by atoms with Crippen LogP contribution >= 0.6 is 0 Å². The van der Waals surface area contributed by atoms with Crippen LogP contribution in [0.5, 0.6) is 5.75 Å². The molecule has 0 saturated heterocycles. The Hall–Kier alpha value is -1.19. The van der Waals surface area contributed by atoms with E-state index in [1.165, 1.54) is 0 Å². The summed E-state index contributed by atoms with van der Waals surface area (Å²) in [5, 5.41) is 9.64. The van der Waals surface area contributed by atoms with Gasteiger partial charge in [0, 0.05) is 0 Å². The predicted molar refractivity (Wildman–Crippen MR) is 56.6 cm³/mol. The van der Waals surface area contributed by atoms with Crippen molar-refractivity contribution in [3.8, 4) is 5.75 Å². The first-order chi connectivity index (χ1) is 7.27. The van der Waals surface area contributed by atoms with Crippen molar-refractivity contribution >= 4 is 0 Å². The van der Waals surface area contributed by atoms with Crippen LogP contribution in [-0.2, 0) is 6.18 Å². The summed E-state index contributed by atoms with van der Waals surface area (Å²) in [5.41, 5.74) is 0.298. The highest BCUT2D eigenvalue weighted by Gasteiger charge is 2.32. The quantitative estimate of drug-likeness (QED) is 0.808. The van der Waals surface area contributed by atoms with E-state index in [2.05, 4.69) is 0 Å². The number of aryl methyl sites for hydroxylation is 1. The molecule has 16 heavy (non-hydrogen) atoms. The molecular formula is C12H15F3O. The number of aromatic hydroxyl groups is 1. The SMILES string of the molecule is CCC(C)c1c(C)cc(C(F)(F)F)cc1O. The van der Waals surface area contributed by atoms with Gasteiger partial charge in [-0.15, -0.1) is 0 Å². The van der Waals surface area contributed by atoms with E-state index in [0.29, 0.717) is 11.1 Å². The molecule has 0 aliphatic rings. The van der Waals surface area contributed by atoms with Gasteiger partial charge in [-0.1, -0.05) is 13.8 Å². The minimum Gasteiger partial charge on any atom is -0.508 e. The third-order valence-corrected chi connectivity index (χ3v) is 2.80. The number of phenols is 1. The lowest BCUT2D eigenvalue weighted by Crippen LogP contribution is -2.07. The molecule has 1 unspecified atom stereocenters. The molecule has 0 spiro atoms. The highest BCUT2D eigenvalue weighted by atomic mass is 19.4. The second-order valence-electron chi connectivity index (χ2n) is 4.03. The Balaban J connectivity index is 3.28. The summed E-state index contributed by atoms with van der Waals surface area (Å²) in [6.45, 7) is 5.41. The zero-order valence-corrected chi connectivity index (χ0v) is 9.52. The fourth-order valence-corrected chi connectivity index (χ4v) is 1.79. The van der Waals surface area contributed by atoms with E-state index < -0.39 is 11.7 Å². The summed E-state index contributed by atoms with van der Waals surface area (Å²) in [5.74, 6) is -0.205. The normalized spacial score (nSPS) is 13.9. The number of hydrogen-bond donors (Lipinski definition) is 1. The average Bonchev–Trinajstić information content (AvgIpc) is 2.14. The van der Waals surface area contributed by atoms with Crippen LogP contribution in [0.2, 0.25) is 0 Å². The summed E-state index contributed by atoms with van der Waals surface area (Å²) < 4.78 is 37.4. The number of rotatable bonds is 2. The minimum atomic E-state index is -4.41. The van der Waals surface area contributed by atoms with E-state index in [1.807, 2.05) is 13.8 Å². The Labute approximate surface area is 92.9 Å². The zero-order chi connectivity index (χ0) is 12.5. The molecule has 0 bridgehead atoms. The molecule has 0 aliphatic heterocycles. The standard InChI is InChI=1S/C12H15F3O/c1-4-7(2)11-8(3)5-9(6-10(11)16)12(13,14)15/h5-7,16H,4H2,1-3H3. The van der Waals surface area contributed by atoms with Crippen molar-refractivity contribution in [2.24, 2.45) is 0 Å². The van der Waals surface area contributed by atoms with Crippen LogP contribution in [-0.4, -0.2) is 5.11 Å². The molecule has 0 fully saturated rings. The molecule has 0 aliphatic carbocycles. The summed E-state index contributed by atoms with van der Waals surface area (Å²) in [4.78, 5) is 0. The second kappa shape index (κ2) is 4.36. The monoisotopic (exact) mass is 232 g/mol. The van der Waals surface area contributed by atoms with Crippen LogP contribution in [0.4, 0.5) is 13.2 Å². The summed E-state index contributed by atoms with van der Waals surface area (Å²) in [6.07, 6.45) is -3.63. The van der Waals surface area contributed by atoms with Crippen molar-refractivity contribution in [1.82, 2.24) is 0 Å². The number of phenolic OH excluding ortho intramolecular Hbond substituents is 1. The van der Waals surface area contributed by atoms with Crippen molar-refractivity contribution in [2.75, 3.05) is 0 Å². The zero-order valence-electron chi connectivity index (χ0n) is 9.52. The highest BCUT2D eigenvalue weighted by Crippen LogP contribution is 2.37. The maximum Gasteiger partial charge on any atom is 0.416 e. The van der Waals surface area contributed by atoms with Crippen LogP contribution in [0.15, 0.2) is 12.1 Å². The van der Waals surface area contributed by atoms with Crippen molar-refractivity contribution in [3.05, 3.63) is 28.8 Å². The van der Waals surface area contributed by atoms with Crippen molar-refractivity contribution in [3.63, 3.8) is 0 Å². The Morgan fingerprint density at radius 3 is 2.25 bits per heavy atom. The molecule has 0 aromatic heterocycles. The lowest BCUT2D eigenvalue weighted by atomic mass is 9.92. The van der Waals surface area contributed by atoms with E-state index in [4.69, 9.17) is 0 Å². The maximum atomic E-state index is 12.5. The van der Waals surface area contributed by atoms with E-state index in [0.717, 1.165) is 18.6 Å². The summed E-state index contributed by atoms with van der Waals surface area (Å²) in [6, 6.07) is 1.88. The van der Waals surface area contributed by atoms with Gasteiger partial charge in [0.1, 0.15) is 5.75 Å². The predicted octanol–water partition coefficient (Wildman–Crippen LogP) is 4.23. The summed E-state index contributed by atoms with van der Waals surface area (Å²) >= 11 is 0. The molecule has 1 aromatic carbocycles. The van der Waals surface area contributed by atoms with Crippen molar-refractivity contribution in [1.29, 1.82) is 0 Å². The number of alkyl halides is 3. The van der Waals surface area contributed by atoms with Crippen LogP contribution in [0, 0.1) is 6.92 Å². The molecule has 1 rings (SSSR count). The summed E-state index contributed by atoms with van der Waals surface area (Å²) in [7, 11) is 0. The van der Waals surface area contributed by atoms with E-state index >= 15 is 0 Å². The lowest BCUT2D eigenvalue weighted by molar-refractivity contribution is -0.137. The molecule has 0 radical (unpaired) electrons. The average molecular weight is 232 g/mol. The fraction of sp³-hybridized carbons (Fsp3) is 0.500. The first-order valence-corrected chi connectivity index (χ1v) is 5.18. The van der Waals surface area contributed by atoms with E-state index in [-0.39, 0.29) is 11.7 Å². The molecular weight excluding hydrogens is 217 g/mol. The lowest BCUT2D eigenvalue weighted by Gasteiger charge is -2.17. The first-order valence-electron chi connectivity index (χ1n) is 5.18. The number of hydrogen-bond acceptors (Lipinski definition) is 1. The largest absolute Gasteiger partial charge is 0.508 e. The van der Waals surface area contributed by atoms with Gasteiger partial charge < -0.3 is 5.11 Å². The molecule has 1 N–H and O–H groups in total. The molecule has 1 aromatic rings. The smallest absolute Gasteiger partial charge is 0.416 e. The molecule has 0 heterocycles. The van der Waals surface area contributed by atoms with Gasteiger partial charge in [-0.3, -0.25) is 0 Å². The Morgan fingerprint density at radius 2 is 1.88 bits per heavy atom. The minimum absolute atomic E-state index is 0.0577. The Bertz CT molecular complexity index is 359. The van der Waals surface area contributed by atoms with Crippen molar-refractivity contribution in [2.45, 2.75) is 39.3 Å².